The fraction of sp³-hybridized carbons (Fsp3) is 0.385. The summed E-state index contributed by atoms with van der Waals surface area (Å²) < 4.78 is 16.0. The van der Waals surface area contributed by atoms with E-state index in [2.05, 4.69) is 0 Å². The molecule has 1 aliphatic rings. The number of carbonyl (C=O) groups is 2. The zero-order chi connectivity index (χ0) is 24.8. The van der Waals surface area contributed by atoms with Crippen LogP contribution in [-0.2, 0) is 14.3 Å². The zero-order valence-corrected chi connectivity index (χ0v) is 19.9. The summed E-state index contributed by atoms with van der Waals surface area (Å²) in [4.78, 5) is 27.5. The van der Waals surface area contributed by atoms with Crippen molar-refractivity contribution in [3.8, 4) is 17.2 Å². The minimum absolute atomic E-state index is 0.0482. The molecule has 8 nitrogen and oxygen atoms in total. The molecule has 0 saturated carbocycles. The molecule has 0 bridgehead atoms. The number of rotatable bonds is 10. The van der Waals surface area contributed by atoms with Crippen LogP contribution in [0.25, 0.3) is 5.76 Å². The van der Waals surface area contributed by atoms with Crippen LogP contribution in [-0.4, -0.2) is 60.8 Å². The quantitative estimate of drug-likeness (QED) is 0.235. The monoisotopic (exact) mass is 469 g/mol. The van der Waals surface area contributed by atoms with E-state index in [4.69, 9.17) is 14.2 Å². The fourth-order valence-corrected chi connectivity index (χ4v) is 3.87. The molecular weight excluding hydrogens is 438 g/mol. The summed E-state index contributed by atoms with van der Waals surface area (Å²) in [6, 6.07) is 10.5. The molecule has 0 aromatic heterocycles. The van der Waals surface area contributed by atoms with Crippen LogP contribution in [0.2, 0.25) is 0 Å². The highest BCUT2D eigenvalue weighted by Gasteiger charge is 2.46. The fourth-order valence-electron chi connectivity index (χ4n) is 3.87. The molecule has 2 aromatic rings. The summed E-state index contributed by atoms with van der Waals surface area (Å²) in [6.07, 6.45) is 0.501. The number of aromatic hydroxyl groups is 1. The molecule has 1 heterocycles. The molecule has 2 aromatic carbocycles. The van der Waals surface area contributed by atoms with Crippen molar-refractivity contribution in [2.75, 3.05) is 34.0 Å². The second-order valence-corrected chi connectivity index (χ2v) is 8.50. The molecule has 1 aliphatic heterocycles. The summed E-state index contributed by atoms with van der Waals surface area (Å²) in [5, 5.41) is 21.6. The van der Waals surface area contributed by atoms with Crippen LogP contribution in [0.4, 0.5) is 0 Å². The first-order valence-electron chi connectivity index (χ1n) is 11.2. The Balaban J connectivity index is 2.09. The summed E-state index contributed by atoms with van der Waals surface area (Å²) in [5.74, 6) is -0.818. The van der Waals surface area contributed by atoms with E-state index in [0.29, 0.717) is 42.4 Å². The van der Waals surface area contributed by atoms with Gasteiger partial charge in [0.25, 0.3) is 11.7 Å². The third-order valence-electron chi connectivity index (χ3n) is 5.50. The van der Waals surface area contributed by atoms with Gasteiger partial charge in [0, 0.05) is 25.8 Å². The number of Topliss-reactive ketones (excluding diaryl/α,β-unsaturated/α-hetero) is 1. The first-order valence-corrected chi connectivity index (χ1v) is 11.2. The van der Waals surface area contributed by atoms with Crippen molar-refractivity contribution < 1.29 is 34.0 Å². The Hall–Kier alpha value is -3.52. The molecular formula is C26H31NO7. The number of amides is 1. The van der Waals surface area contributed by atoms with Gasteiger partial charge in [-0.05, 0) is 42.2 Å². The van der Waals surface area contributed by atoms with E-state index >= 15 is 0 Å². The van der Waals surface area contributed by atoms with Crippen LogP contribution < -0.4 is 9.47 Å². The van der Waals surface area contributed by atoms with Gasteiger partial charge < -0.3 is 29.3 Å². The molecule has 8 heteroatoms. The molecule has 1 fully saturated rings. The van der Waals surface area contributed by atoms with E-state index in [-0.39, 0.29) is 29.4 Å². The number of phenolic OH excluding ortho intramolecular Hbond substituents is 1. The van der Waals surface area contributed by atoms with Crippen LogP contribution in [0, 0.1) is 5.92 Å². The van der Waals surface area contributed by atoms with Crippen molar-refractivity contribution in [1.29, 1.82) is 0 Å². The van der Waals surface area contributed by atoms with Crippen molar-refractivity contribution >= 4 is 17.4 Å². The third kappa shape index (κ3) is 5.34. The van der Waals surface area contributed by atoms with E-state index < -0.39 is 17.7 Å². The number of likely N-dealkylation sites (tertiary alicyclic amines) is 1. The van der Waals surface area contributed by atoms with Gasteiger partial charge >= 0.3 is 0 Å². The van der Waals surface area contributed by atoms with Gasteiger partial charge in [0.1, 0.15) is 11.5 Å². The van der Waals surface area contributed by atoms with Gasteiger partial charge in [0.05, 0.1) is 25.3 Å². The lowest BCUT2D eigenvalue weighted by atomic mass is 9.95. The van der Waals surface area contributed by atoms with Gasteiger partial charge in [-0.2, -0.15) is 0 Å². The smallest absolute Gasteiger partial charge is 0.295 e. The van der Waals surface area contributed by atoms with Crippen LogP contribution in [0.1, 0.15) is 37.4 Å². The number of methoxy groups -OCH3 is 2. The van der Waals surface area contributed by atoms with Crippen LogP contribution in [0.3, 0.4) is 0 Å². The predicted molar refractivity (Wildman–Crippen MR) is 127 cm³/mol. The Bertz CT molecular complexity index is 1080. The van der Waals surface area contributed by atoms with Gasteiger partial charge in [-0.1, -0.05) is 32.0 Å². The van der Waals surface area contributed by atoms with Crippen molar-refractivity contribution in [3.63, 3.8) is 0 Å². The molecule has 182 valence electrons. The van der Waals surface area contributed by atoms with Crippen molar-refractivity contribution in [2.45, 2.75) is 26.3 Å². The second-order valence-electron chi connectivity index (χ2n) is 8.50. The molecule has 1 atom stereocenters. The molecule has 1 saturated heterocycles. The molecule has 2 N–H and O–H groups in total. The Morgan fingerprint density at radius 3 is 2.53 bits per heavy atom. The average molecular weight is 470 g/mol. The normalized spacial score (nSPS) is 17.4. The highest BCUT2D eigenvalue weighted by molar-refractivity contribution is 6.46. The van der Waals surface area contributed by atoms with Gasteiger partial charge in [-0.3, -0.25) is 9.59 Å². The van der Waals surface area contributed by atoms with Crippen LogP contribution >= 0.6 is 0 Å². The van der Waals surface area contributed by atoms with Gasteiger partial charge in [-0.15, -0.1) is 0 Å². The van der Waals surface area contributed by atoms with Crippen molar-refractivity contribution in [3.05, 3.63) is 59.2 Å². The van der Waals surface area contributed by atoms with E-state index in [1.54, 1.807) is 43.5 Å². The minimum Gasteiger partial charge on any atom is -0.507 e. The summed E-state index contributed by atoms with van der Waals surface area (Å²) in [5.41, 5.74) is 0.788. The predicted octanol–water partition coefficient (Wildman–Crippen LogP) is 3.89. The van der Waals surface area contributed by atoms with E-state index in [1.165, 1.54) is 18.1 Å². The lowest BCUT2D eigenvalue weighted by Gasteiger charge is -2.25. The summed E-state index contributed by atoms with van der Waals surface area (Å²) in [7, 11) is 2.99. The maximum atomic E-state index is 13.1. The first kappa shape index (κ1) is 25.1. The molecule has 0 radical (unpaired) electrons. The Morgan fingerprint density at radius 1 is 1.12 bits per heavy atom. The highest BCUT2D eigenvalue weighted by Crippen LogP contribution is 2.42. The number of benzene rings is 2. The number of carbonyl (C=O) groups excluding carboxylic acids is 2. The average Bonchev–Trinajstić information content (AvgIpc) is 3.07. The van der Waals surface area contributed by atoms with E-state index in [1.807, 2.05) is 13.8 Å². The van der Waals surface area contributed by atoms with Crippen LogP contribution in [0.15, 0.2) is 48.0 Å². The number of nitrogens with zero attached hydrogens (tertiary/aromatic N) is 1. The third-order valence-corrected chi connectivity index (χ3v) is 5.50. The van der Waals surface area contributed by atoms with Crippen molar-refractivity contribution in [2.24, 2.45) is 5.92 Å². The second kappa shape index (κ2) is 11.1. The van der Waals surface area contributed by atoms with Crippen LogP contribution in [0.5, 0.6) is 17.2 Å². The van der Waals surface area contributed by atoms with Crippen molar-refractivity contribution in [1.82, 2.24) is 4.90 Å². The number of aliphatic hydroxyl groups is 1. The number of phenols is 1. The maximum absolute atomic E-state index is 13.1. The van der Waals surface area contributed by atoms with Gasteiger partial charge in [0.2, 0.25) is 0 Å². The lowest BCUT2D eigenvalue weighted by Crippen LogP contribution is -2.31. The first-order chi connectivity index (χ1) is 16.3. The highest BCUT2D eigenvalue weighted by atomic mass is 16.5. The Morgan fingerprint density at radius 2 is 1.88 bits per heavy atom. The van der Waals surface area contributed by atoms with E-state index in [9.17, 15) is 19.8 Å². The number of aliphatic hydroxyl groups excluding tert-OH is 1. The molecule has 0 aliphatic carbocycles. The molecule has 1 amide bonds. The lowest BCUT2D eigenvalue weighted by molar-refractivity contribution is -0.140. The largest absolute Gasteiger partial charge is 0.507 e. The number of ketones is 1. The molecule has 0 spiro atoms. The van der Waals surface area contributed by atoms with Gasteiger partial charge in [-0.25, -0.2) is 0 Å². The minimum atomic E-state index is -0.881. The number of hydrogen-bond acceptors (Lipinski definition) is 7. The topological polar surface area (TPSA) is 106 Å². The molecule has 34 heavy (non-hydrogen) atoms. The van der Waals surface area contributed by atoms with E-state index in [0.717, 1.165) is 0 Å². The van der Waals surface area contributed by atoms with Gasteiger partial charge in [0.15, 0.2) is 11.5 Å². The number of hydrogen-bond donors (Lipinski definition) is 2. The molecule has 3 rings (SSSR count). The zero-order valence-electron chi connectivity index (χ0n) is 19.9. The summed E-state index contributed by atoms with van der Waals surface area (Å²) >= 11 is 0. The summed E-state index contributed by atoms with van der Waals surface area (Å²) in [6.45, 7) is 5.19. The standard InChI is InChI=1S/C26H31NO7/c1-16(2)15-34-19-8-5-7-18(13-19)24(29)22-23(17-9-10-21(33-4)20(28)14-17)27(11-6-12-32-3)26(31)25(22)30/h5,7-10,13-14,16,23,28-29H,6,11-12,15H2,1-4H3/b24-22-. The SMILES string of the molecule is COCCCN1C(=O)C(=O)/C(=C(\O)c2cccc(OCC(C)C)c2)C1c1ccc(OC)c(O)c1. The number of ether oxygens (including phenoxy) is 3. The molecule has 1 unspecified atom stereocenters. The Kier molecular flexibility index (Phi) is 8.17. The Labute approximate surface area is 199 Å². The maximum Gasteiger partial charge on any atom is 0.295 e.